The van der Waals surface area contributed by atoms with E-state index in [2.05, 4.69) is 0 Å². The van der Waals surface area contributed by atoms with Crippen LogP contribution < -0.4 is 5.73 Å². The van der Waals surface area contributed by atoms with Crippen LogP contribution in [0.2, 0.25) is 0 Å². The number of carbonyl (C=O) groups is 1. The fourth-order valence-electron chi connectivity index (χ4n) is 1.15. The molecule has 0 rings (SSSR count). The van der Waals surface area contributed by atoms with Crippen molar-refractivity contribution in [2.45, 2.75) is 37.9 Å². The first kappa shape index (κ1) is 13.6. The topological polar surface area (TPSA) is 121 Å². The summed E-state index contributed by atoms with van der Waals surface area (Å²) in [5, 5.41) is 8.49. The quantitative estimate of drug-likeness (QED) is 0.477. The Morgan fingerprint density at radius 3 is 2.29 bits per heavy atom. The minimum absolute atomic E-state index is 0.187. The molecule has 0 fully saturated rings. The largest absolute Gasteiger partial charge is 0.480 e. The van der Waals surface area contributed by atoms with Gasteiger partial charge in [0.25, 0.3) is 0 Å². The first-order valence-electron chi connectivity index (χ1n) is 4.32. The van der Waals surface area contributed by atoms with Gasteiger partial charge in [0.05, 0.1) is 5.66 Å². The minimum Gasteiger partial charge on any atom is -0.480 e. The minimum atomic E-state index is -4.23. The number of hydrogen-bond donors (Lipinski definition) is 4. The molecule has 0 spiro atoms. The lowest BCUT2D eigenvalue weighted by molar-refractivity contribution is -0.138. The van der Waals surface area contributed by atoms with Crippen LogP contribution in [0.25, 0.3) is 0 Å². The average Bonchev–Trinajstić information content (AvgIpc) is 2.01. The molecule has 0 heterocycles. The number of aliphatic carboxylic acids is 1. The summed E-state index contributed by atoms with van der Waals surface area (Å²) in [6, 6.07) is -1.21. The Morgan fingerprint density at radius 1 is 1.50 bits per heavy atom. The monoisotopic (exact) mass is 225 g/mol. The first-order chi connectivity index (χ1) is 6.29. The van der Waals surface area contributed by atoms with Crippen molar-refractivity contribution in [2.24, 2.45) is 5.73 Å². The Kier molecular flexibility index (Phi) is 5.29. The third-order valence-electron chi connectivity index (χ3n) is 1.94. The highest BCUT2D eigenvalue weighted by molar-refractivity contribution is 7.52. The van der Waals surface area contributed by atoms with Gasteiger partial charge in [-0.1, -0.05) is 13.3 Å². The molecule has 0 aromatic carbocycles. The maximum Gasteiger partial charge on any atom is 0.328 e. The molecule has 7 heteroatoms. The molecule has 5 N–H and O–H groups in total. The third kappa shape index (κ3) is 4.72. The molecule has 0 radical (unpaired) electrons. The molecule has 0 aromatic heterocycles. The fraction of sp³-hybridized carbons (Fsp3) is 0.857. The van der Waals surface area contributed by atoms with E-state index in [-0.39, 0.29) is 12.8 Å². The molecule has 0 saturated carbocycles. The predicted octanol–water partition coefficient (Wildman–Crippen LogP) is 0.135. The Morgan fingerprint density at radius 2 is 2.00 bits per heavy atom. The van der Waals surface area contributed by atoms with Gasteiger partial charge in [-0.05, 0) is 12.8 Å². The van der Waals surface area contributed by atoms with Crippen molar-refractivity contribution in [3.05, 3.63) is 0 Å². The van der Waals surface area contributed by atoms with E-state index in [0.717, 1.165) is 0 Å². The molecule has 2 unspecified atom stereocenters. The standard InChI is InChI=1S/C7H16NO5P/c1-2-3-5(14(11,12)13)4-6(8)7(9)10/h5-6H,2-4,8H2,1H3,(H,9,10)(H2,11,12,13). The summed E-state index contributed by atoms with van der Waals surface area (Å²) in [5.74, 6) is -1.24. The molecule has 0 aliphatic carbocycles. The van der Waals surface area contributed by atoms with Crippen LogP contribution in [-0.4, -0.2) is 32.6 Å². The van der Waals surface area contributed by atoms with Crippen LogP contribution in [-0.2, 0) is 9.36 Å². The van der Waals surface area contributed by atoms with Crippen molar-refractivity contribution < 1.29 is 24.3 Å². The summed E-state index contributed by atoms with van der Waals surface area (Å²) in [4.78, 5) is 28.2. The van der Waals surface area contributed by atoms with Gasteiger partial charge in [0.1, 0.15) is 6.04 Å². The Labute approximate surface area is 82.3 Å². The zero-order chi connectivity index (χ0) is 11.4. The van der Waals surface area contributed by atoms with E-state index < -0.39 is 25.3 Å². The van der Waals surface area contributed by atoms with Crippen LogP contribution in [0.3, 0.4) is 0 Å². The molecule has 0 aliphatic rings. The van der Waals surface area contributed by atoms with Crippen molar-refractivity contribution >= 4 is 13.6 Å². The van der Waals surface area contributed by atoms with Crippen LogP contribution in [0, 0.1) is 0 Å². The van der Waals surface area contributed by atoms with E-state index in [1.54, 1.807) is 6.92 Å². The molecule has 0 aromatic rings. The van der Waals surface area contributed by atoms with Gasteiger partial charge >= 0.3 is 13.6 Å². The third-order valence-corrected chi connectivity index (χ3v) is 3.36. The highest BCUT2D eigenvalue weighted by atomic mass is 31.2. The van der Waals surface area contributed by atoms with Crippen molar-refractivity contribution in [1.82, 2.24) is 0 Å². The molecule has 6 nitrogen and oxygen atoms in total. The SMILES string of the molecule is CCCC(CC(N)C(=O)O)P(=O)(O)O. The van der Waals surface area contributed by atoms with Gasteiger partial charge < -0.3 is 20.6 Å². The van der Waals surface area contributed by atoms with Crippen molar-refractivity contribution in [1.29, 1.82) is 0 Å². The summed E-state index contributed by atoms with van der Waals surface area (Å²) in [7, 11) is -4.23. The second-order valence-corrected chi connectivity index (χ2v) is 5.12. The molecule has 0 aliphatic heterocycles. The molecular weight excluding hydrogens is 209 g/mol. The number of rotatable bonds is 6. The normalized spacial score (nSPS) is 16.3. The van der Waals surface area contributed by atoms with Gasteiger partial charge in [-0.15, -0.1) is 0 Å². The summed E-state index contributed by atoms with van der Waals surface area (Å²) in [6.07, 6.45) is 0.681. The van der Waals surface area contributed by atoms with E-state index >= 15 is 0 Å². The maximum atomic E-state index is 10.9. The molecule has 0 saturated heterocycles. The Balaban J connectivity index is 4.38. The molecule has 0 bridgehead atoms. The summed E-state index contributed by atoms with van der Waals surface area (Å²) >= 11 is 0. The van der Waals surface area contributed by atoms with Gasteiger partial charge in [-0.2, -0.15) is 0 Å². The van der Waals surface area contributed by atoms with E-state index in [4.69, 9.17) is 20.6 Å². The second-order valence-electron chi connectivity index (χ2n) is 3.21. The molecule has 0 amide bonds. The number of nitrogens with two attached hydrogens (primary N) is 1. The highest BCUT2D eigenvalue weighted by Gasteiger charge is 2.31. The lowest BCUT2D eigenvalue weighted by atomic mass is 10.1. The van der Waals surface area contributed by atoms with E-state index in [0.29, 0.717) is 6.42 Å². The molecule has 84 valence electrons. The van der Waals surface area contributed by atoms with E-state index in [1.165, 1.54) is 0 Å². The number of carboxylic acid groups (broad SMARTS) is 1. The van der Waals surface area contributed by atoms with E-state index in [1.807, 2.05) is 0 Å². The van der Waals surface area contributed by atoms with Gasteiger partial charge in [-0.25, -0.2) is 0 Å². The van der Waals surface area contributed by atoms with Crippen LogP contribution >= 0.6 is 7.60 Å². The maximum absolute atomic E-state index is 10.9. The van der Waals surface area contributed by atoms with Crippen LogP contribution in [0.15, 0.2) is 0 Å². The first-order valence-corrected chi connectivity index (χ1v) is 6.00. The second kappa shape index (κ2) is 5.46. The van der Waals surface area contributed by atoms with Gasteiger partial charge in [0.15, 0.2) is 0 Å². The molecular formula is C7H16NO5P. The Hall–Kier alpha value is -0.420. The van der Waals surface area contributed by atoms with E-state index in [9.17, 15) is 9.36 Å². The van der Waals surface area contributed by atoms with Crippen LogP contribution in [0.1, 0.15) is 26.2 Å². The van der Waals surface area contributed by atoms with Crippen LogP contribution in [0.5, 0.6) is 0 Å². The zero-order valence-electron chi connectivity index (χ0n) is 7.96. The van der Waals surface area contributed by atoms with Gasteiger partial charge in [0.2, 0.25) is 0 Å². The average molecular weight is 225 g/mol. The van der Waals surface area contributed by atoms with Crippen molar-refractivity contribution in [3.63, 3.8) is 0 Å². The van der Waals surface area contributed by atoms with Crippen molar-refractivity contribution in [3.8, 4) is 0 Å². The summed E-state index contributed by atoms with van der Waals surface area (Å²) in [6.45, 7) is 1.77. The number of carboxylic acids is 1. The molecule has 2 atom stereocenters. The summed E-state index contributed by atoms with van der Waals surface area (Å²) < 4.78 is 10.9. The number of hydrogen-bond acceptors (Lipinski definition) is 3. The lowest BCUT2D eigenvalue weighted by Gasteiger charge is -2.19. The van der Waals surface area contributed by atoms with Crippen molar-refractivity contribution in [2.75, 3.05) is 0 Å². The summed E-state index contributed by atoms with van der Waals surface area (Å²) in [5.41, 5.74) is 4.26. The predicted molar refractivity (Wildman–Crippen MR) is 51.0 cm³/mol. The smallest absolute Gasteiger partial charge is 0.328 e. The van der Waals surface area contributed by atoms with Crippen LogP contribution in [0.4, 0.5) is 0 Å². The van der Waals surface area contributed by atoms with Gasteiger partial charge in [-0.3, -0.25) is 9.36 Å². The highest BCUT2D eigenvalue weighted by Crippen LogP contribution is 2.45. The fourth-order valence-corrected chi connectivity index (χ4v) is 2.25. The Bertz CT molecular complexity index is 238. The zero-order valence-corrected chi connectivity index (χ0v) is 8.85. The lowest BCUT2D eigenvalue weighted by Crippen LogP contribution is -2.34. The van der Waals surface area contributed by atoms with Gasteiger partial charge in [0, 0.05) is 0 Å². The molecule has 14 heavy (non-hydrogen) atoms.